The fourth-order valence-electron chi connectivity index (χ4n) is 1.93. The maximum Gasteiger partial charge on any atom is 0.0606 e. The largest absolute Gasteiger partial charge is 0.395 e. The molecule has 1 rings (SSSR count). The van der Waals surface area contributed by atoms with Gasteiger partial charge in [-0.05, 0) is 49.1 Å². The first-order valence-electron chi connectivity index (χ1n) is 7.09. The first-order valence-corrected chi connectivity index (χ1v) is 8.24. The molecule has 108 valence electrons. The van der Waals surface area contributed by atoms with Gasteiger partial charge in [-0.25, -0.2) is 0 Å². The van der Waals surface area contributed by atoms with Crippen LogP contribution in [0, 0.1) is 0 Å². The summed E-state index contributed by atoms with van der Waals surface area (Å²) in [6.45, 7) is 7.14. The van der Waals surface area contributed by atoms with Gasteiger partial charge in [-0.1, -0.05) is 6.92 Å². The quantitative estimate of drug-likeness (QED) is 0.647. The molecule has 0 aliphatic rings. The Balaban J connectivity index is 2.38. The topological polar surface area (TPSA) is 35.5 Å². The molecule has 0 saturated heterocycles. The minimum Gasteiger partial charge on any atom is -0.395 e. The average molecular weight is 282 g/mol. The van der Waals surface area contributed by atoms with E-state index in [2.05, 4.69) is 48.3 Å². The second-order valence-corrected chi connectivity index (χ2v) is 5.72. The number of likely N-dealkylation sites (N-methyl/N-ethyl adjacent to an activating group) is 1. The number of hydrogen-bond acceptors (Lipinski definition) is 4. The number of thioether (sulfide) groups is 1. The van der Waals surface area contributed by atoms with Crippen LogP contribution >= 0.6 is 11.8 Å². The number of anilines is 2. The van der Waals surface area contributed by atoms with E-state index in [0.29, 0.717) is 6.54 Å². The third-order valence-electron chi connectivity index (χ3n) is 2.98. The molecule has 0 bridgehead atoms. The Morgan fingerprint density at radius 2 is 1.95 bits per heavy atom. The zero-order valence-corrected chi connectivity index (χ0v) is 12.9. The molecule has 0 heterocycles. The molecule has 2 N–H and O–H groups in total. The van der Waals surface area contributed by atoms with Crippen LogP contribution in [0.5, 0.6) is 0 Å². The molecule has 0 aliphatic heterocycles. The first-order chi connectivity index (χ1) is 9.31. The molecule has 0 radical (unpaired) electrons. The highest BCUT2D eigenvalue weighted by atomic mass is 32.2. The van der Waals surface area contributed by atoms with Crippen LogP contribution in [0.4, 0.5) is 11.4 Å². The molecular formula is C15H26N2OS. The van der Waals surface area contributed by atoms with Gasteiger partial charge in [0, 0.05) is 31.0 Å². The van der Waals surface area contributed by atoms with Gasteiger partial charge in [0.05, 0.1) is 6.61 Å². The van der Waals surface area contributed by atoms with Crippen molar-refractivity contribution in [2.45, 2.75) is 20.3 Å². The van der Waals surface area contributed by atoms with Crippen LogP contribution in [0.2, 0.25) is 0 Å². The van der Waals surface area contributed by atoms with E-state index in [4.69, 9.17) is 5.11 Å². The van der Waals surface area contributed by atoms with Gasteiger partial charge >= 0.3 is 0 Å². The third kappa shape index (κ3) is 6.21. The highest BCUT2D eigenvalue weighted by Crippen LogP contribution is 2.17. The van der Waals surface area contributed by atoms with Crippen LogP contribution in [0.15, 0.2) is 24.3 Å². The summed E-state index contributed by atoms with van der Waals surface area (Å²) in [6, 6.07) is 8.45. The molecule has 0 saturated carbocycles. The number of nitrogens with one attached hydrogen (secondary N) is 1. The molecule has 0 aliphatic carbocycles. The maximum absolute atomic E-state index is 9.01. The van der Waals surface area contributed by atoms with Crippen molar-refractivity contribution >= 4 is 23.1 Å². The fraction of sp³-hybridized carbons (Fsp3) is 0.600. The van der Waals surface area contributed by atoms with Crippen LogP contribution in [0.1, 0.15) is 20.3 Å². The monoisotopic (exact) mass is 282 g/mol. The SMILES string of the molecule is CCSCCCNc1ccc(N(CC)CCO)cc1. The van der Waals surface area contributed by atoms with Gasteiger partial charge < -0.3 is 15.3 Å². The first kappa shape index (κ1) is 16.2. The molecule has 0 amide bonds. The van der Waals surface area contributed by atoms with Crippen molar-refractivity contribution in [3.63, 3.8) is 0 Å². The van der Waals surface area contributed by atoms with E-state index in [9.17, 15) is 0 Å². The summed E-state index contributed by atoms with van der Waals surface area (Å²) < 4.78 is 0. The highest BCUT2D eigenvalue weighted by molar-refractivity contribution is 7.99. The summed E-state index contributed by atoms with van der Waals surface area (Å²) >= 11 is 1.99. The Labute approximate surface area is 121 Å². The molecule has 0 fully saturated rings. The van der Waals surface area contributed by atoms with Crippen LogP contribution in [0.25, 0.3) is 0 Å². The standard InChI is InChI=1S/C15H26N2OS/c1-3-17(11-12-18)15-8-6-14(7-9-15)16-10-5-13-19-4-2/h6-9,16,18H,3-5,10-13H2,1-2H3. The van der Waals surface area contributed by atoms with Gasteiger partial charge in [0.2, 0.25) is 0 Å². The van der Waals surface area contributed by atoms with Crippen molar-refractivity contribution in [3.8, 4) is 0 Å². The number of nitrogens with zero attached hydrogens (tertiary/aromatic N) is 1. The number of aliphatic hydroxyl groups excluding tert-OH is 1. The van der Waals surface area contributed by atoms with E-state index in [-0.39, 0.29) is 6.61 Å². The predicted molar refractivity (Wildman–Crippen MR) is 87.5 cm³/mol. The van der Waals surface area contributed by atoms with Crippen molar-refractivity contribution in [1.82, 2.24) is 0 Å². The van der Waals surface area contributed by atoms with Gasteiger partial charge in [0.25, 0.3) is 0 Å². The minimum absolute atomic E-state index is 0.197. The lowest BCUT2D eigenvalue weighted by atomic mass is 10.2. The number of hydrogen-bond donors (Lipinski definition) is 2. The predicted octanol–water partition coefficient (Wildman–Crippen LogP) is 3.06. The number of aliphatic hydroxyl groups is 1. The Morgan fingerprint density at radius 3 is 2.53 bits per heavy atom. The lowest BCUT2D eigenvalue weighted by Gasteiger charge is -2.22. The summed E-state index contributed by atoms with van der Waals surface area (Å²) in [5, 5.41) is 12.5. The van der Waals surface area contributed by atoms with Crippen LogP contribution in [-0.2, 0) is 0 Å². The van der Waals surface area contributed by atoms with E-state index in [1.165, 1.54) is 29.3 Å². The summed E-state index contributed by atoms with van der Waals surface area (Å²) in [7, 11) is 0. The highest BCUT2D eigenvalue weighted by Gasteiger charge is 2.02. The van der Waals surface area contributed by atoms with Crippen LogP contribution in [0.3, 0.4) is 0 Å². The minimum atomic E-state index is 0.197. The number of benzene rings is 1. The Bertz CT molecular complexity index is 329. The third-order valence-corrected chi connectivity index (χ3v) is 3.97. The summed E-state index contributed by atoms with van der Waals surface area (Å²) in [4.78, 5) is 2.17. The van der Waals surface area contributed by atoms with Crippen molar-refractivity contribution in [3.05, 3.63) is 24.3 Å². The Kier molecular flexibility index (Phi) is 8.50. The van der Waals surface area contributed by atoms with Crippen molar-refractivity contribution in [2.75, 3.05) is 48.0 Å². The smallest absolute Gasteiger partial charge is 0.0606 e. The normalized spacial score (nSPS) is 10.5. The Morgan fingerprint density at radius 1 is 1.21 bits per heavy atom. The molecule has 1 aromatic rings. The van der Waals surface area contributed by atoms with Crippen LogP contribution < -0.4 is 10.2 Å². The van der Waals surface area contributed by atoms with Gasteiger partial charge in [-0.2, -0.15) is 11.8 Å². The maximum atomic E-state index is 9.01. The summed E-state index contributed by atoms with van der Waals surface area (Å²) in [6.07, 6.45) is 1.20. The lowest BCUT2D eigenvalue weighted by molar-refractivity contribution is 0.302. The zero-order chi connectivity index (χ0) is 13.9. The van der Waals surface area contributed by atoms with Gasteiger partial charge in [0.15, 0.2) is 0 Å². The zero-order valence-electron chi connectivity index (χ0n) is 12.1. The van der Waals surface area contributed by atoms with E-state index < -0.39 is 0 Å². The fourth-order valence-corrected chi connectivity index (χ4v) is 2.57. The molecule has 3 nitrogen and oxygen atoms in total. The van der Waals surface area contributed by atoms with Gasteiger partial charge in [-0.15, -0.1) is 0 Å². The van der Waals surface area contributed by atoms with Crippen molar-refractivity contribution < 1.29 is 5.11 Å². The molecule has 0 atom stereocenters. The van der Waals surface area contributed by atoms with Crippen molar-refractivity contribution in [2.24, 2.45) is 0 Å². The number of rotatable bonds is 10. The molecule has 19 heavy (non-hydrogen) atoms. The van der Waals surface area contributed by atoms with E-state index in [0.717, 1.165) is 13.1 Å². The van der Waals surface area contributed by atoms with Crippen LogP contribution in [-0.4, -0.2) is 42.9 Å². The van der Waals surface area contributed by atoms with E-state index in [1.54, 1.807) is 0 Å². The van der Waals surface area contributed by atoms with Crippen molar-refractivity contribution in [1.29, 1.82) is 0 Å². The van der Waals surface area contributed by atoms with Gasteiger partial charge in [0.1, 0.15) is 0 Å². The van der Waals surface area contributed by atoms with E-state index in [1.807, 2.05) is 11.8 Å². The molecule has 0 aromatic heterocycles. The summed E-state index contributed by atoms with van der Waals surface area (Å²) in [5.41, 5.74) is 2.34. The average Bonchev–Trinajstić information content (AvgIpc) is 2.45. The second kappa shape index (κ2) is 9.98. The van der Waals surface area contributed by atoms with Gasteiger partial charge in [-0.3, -0.25) is 0 Å². The molecule has 0 spiro atoms. The molecular weight excluding hydrogens is 256 g/mol. The van der Waals surface area contributed by atoms with E-state index >= 15 is 0 Å². The Hall–Kier alpha value is -0.870. The molecule has 0 unspecified atom stereocenters. The second-order valence-electron chi connectivity index (χ2n) is 4.33. The molecule has 1 aromatic carbocycles. The summed E-state index contributed by atoms with van der Waals surface area (Å²) in [5.74, 6) is 2.42. The lowest BCUT2D eigenvalue weighted by Crippen LogP contribution is -2.25. The molecule has 4 heteroatoms.